The second-order valence-corrected chi connectivity index (χ2v) is 4.56. The van der Waals surface area contributed by atoms with Crippen molar-refractivity contribution in [3.63, 3.8) is 0 Å². The molecule has 1 aliphatic heterocycles. The summed E-state index contributed by atoms with van der Waals surface area (Å²) in [4.78, 5) is 13.2. The highest BCUT2D eigenvalue weighted by atomic mass is 79.9. The van der Waals surface area contributed by atoms with Gasteiger partial charge in [0, 0.05) is 19.0 Å². The number of hydrogen-bond donors (Lipinski definition) is 1. The van der Waals surface area contributed by atoms with Crippen molar-refractivity contribution in [2.75, 3.05) is 18.4 Å². The highest BCUT2D eigenvalue weighted by Crippen LogP contribution is 2.37. The number of alkyl halides is 1. The summed E-state index contributed by atoms with van der Waals surface area (Å²) in [6.45, 7) is 1.61. The van der Waals surface area contributed by atoms with E-state index < -0.39 is 0 Å². The molecule has 3 nitrogen and oxygen atoms in total. The van der Waals surface area contributed by atoms with Crippen molar-refractivity contribution in [3.8, 4) is 0 Å². The van der Waals surface area contributed by atoms with Crippen LogP contribution in [-0.4, -0.2) is 40.4 Å². The van der Waals surface area contributed by atoms with Crippen molar-refractivity contribution in [3.05, 3.63) is 0 Å². The first kappa shape index (κ1) is 9.46. The molecule has 3 unspecified atom stereocenters. The van der Waals surface area contributed by atoms with E-state index in [-0.39, 0.29) is 12.0 Å². The van der Waals surface area contributed by atoms with E-state index >= 15 is 0 Å². The minimum absolute atomic E-state index is 0.154. The van der Waals surface area contributed by atoms with Crippen LogP contribution in [0, 0.1) is 11.8 Å². The number of aliphatic hydroxyl groups excluding tert-OH is 1. The van der Waals surface area contributed by atoms with Crippen molar-refractivity contribution in [1.82, 2.24) is 4.90 Å². The summed E-state index contributed by atoms with van der Waals surface area (Å²) in [7, 11) is 0. The van der Waals surface area contributed by atoms with Crippen LogP contribution >= 0.6 is 15.9 Å². The average Bonchev–Trinajstić information content (AvgIpc) is 2.67. The second kappa shape index (κ2) is 3.58. The van der Waals surface area contributed by atoms with Crippen molar-refractivity contribution in [2.45, 2.75) is 18.9 Å². The molecule has 0 aromatic heterocycles. The van der Waals surface area contributed by atoms with Gasteiger partial charge in [-0.2, -0.15) is 0 Å². The molecule has 2 rings (SSSR count). The van der Waals surface area contributed by atoms with Crippen LogP contribution in [0.2, 0.25) is 0 Å². The molecule has 0 spiro atoms. The predicted octanol–water partition coefficient (Wildman–Crippen LogP) is 0.611. The standard InChI is InChI=1S/C9H14BrNO2/c10-3-9(13)11-4-6-1-2-8(12)7(6)5-11/h6-8,12H,1-5H2. The lowest BCUT2D eigenvalue weighted by Gasteiger charge is -2.16. The zero-order chi connectivity index (χ0) is 9.42. The topological polar surface area (TPSA) is 40.5 Å². The predicted molar refractivity (Wildman–Crippen MR) is 52.6 cm³/mol. The van der Waals surface area contributed by atoms with E-state index in [9.17, 15) is 9.90 Å². The maximum Gasteiger partial charge on any atom is 0.233 e. The largest absolute Gasteiger partial charge is 0.393 e. The number of amides is 1. The molecule has 1 aliphatic carbocycles. The van der Waals surface area contributed by atoms with E-state index in [0.29, 0.717) is 17.2 Å². The first-order valence-electron chi connectivity index (χ1n) is 4.74. The third-order valence-electron chi connectivity index (χ3n) is 3.29. The van der Waals surface area contributed by atoms with Crippen molar-refractivity contribution in [2.24, 2.45) is 11.8 Å². The lowest BCUT2D eigenvalue weighted by atomic mass is 10.00. The van der Waals surface area contributed by atoms with Gasteiger partial charge < -0.3 is 10.0 Å². The van der Waals surface area contributed by atoms with Gasteiger partial charge in [0.2, 0.25) is 5.91 Å². The molecule has 13 heavy (non-hydrogen) atoms. The van der Waals surface area contributed by atoms with Crippen LogP contribution in [0.4, 0.5) is 0 Å². The highest BCUT2D eigenvalue weighted by molar-refractivity contribution is 9.09. The quantitative estimate of drug-likeness (QED) is 0.691. The molecule has 0 aromatic carbocycles. The third kappa shape index (κ3) is 1.62. The number of halogens is 1. The molecule has 2 fully saturated rings. The molecule has 1 heterocycles. The third-order valence-corrected chi connectivity index (χ3v) is 3.77. The van der Waals surface area contributed by atoms with Crippen molar-refractivity contribution in [1.29, 1.82) is 0 Å². The molecule has 1 saturated heterocycles. The Morgan fingerprint density at radius 1 is 1.46 bits per heavy atom. The number of hydrogen-bond acceptors (Lipinski definition) is 2. The summed E-state index contributed by atoms with van der Waals surface area (Å²) in [6.07, 6.45) is 1.84. The van der Waals surface area contributed by atoms with Crippen LogP contribution in [0.1, 0.15) is 12.8 Å². The summed E-state index contributed by atoms with van der Waals surface area (Å²) < 4.78 is 0. The Bertz CT molecular complexity index is 222. The van der Waals surface area contributed by atoms with Crippen LogP contribution < -0.4 is 0 Å². The summed E-state index contributed by atoms with van der Waals surface area (Å²) >= 11 is 3.17. The number of fused-ring (bicyclic) bond motifs is 1. The van der Waals surface area contributed by atoms with E-state index in [0.717, 1.165) is 25.9 Å². The number of rotatable bonds is 1. The summed E-state index contributed by atoms with van der Waals surface area (Å²) in [5, 5.41) is 10.0. The number of likely N-dealkylation sites (tertiary alicyclic amines) is 1. The zero-order valence-electron chi connectivity index (χ0n) is 7.45. The van der Waals surface area contributed by atoms with E-state index in [1.165, 1.54) is 0 Å². The van der Waals surface area contributed by atoms with Gasteiger partial charge in [-0.15, -0.1) is 0 Å². The first-order chi connectivity index (χ1) is 6.22. The SMILES string of the molecule is O=C(CBr)N1CC2CCC(O)C2C1. The monoisotopic (exact) mass is 247 g/mol. The molecule has 0 aromatic rings. The second-order valence-electron chi connectivity index (χ2n) is 4.00. The Labute approximate surface area is 86.2 Å². The van der Waals surface area contributed by atoms with E-state index in [1.807, 2.05) is 4.90 Å². The minimum Gasteiger partial charge on any atom is -0.393 e. The molecular weight excluding hydrogens is 234 g/mol. The lowest BCUT2D eigenvalue weighted by molar-refractivity contribution is -0.127. The van der Waals surface area contributed by atoms with Gasteiger partial charge in [-0.1, -0.05) is 15.9 Å². The van der Waals surface area contributed by atoms with Gasteiger partial charge in [-0.05, 0) is 18.8 Å². The number of aliphatic hydroxyl groups is 1. The number of carbonyl (C=O) groups excluding carboxylic acids is 1. The van der Waals surface area contributed by atoms with Crippen LogP contribution in [0.3, 0.4) is 0 Å². The molecule has 1 amide bonds. The van der Waals surface area contributed by atoms with E-state index in [4.69, 9.17) is 0 Å². The lowest BCUT2D eigenvalue weighted by Crippen LogP contribution is -2.31. The van der Waals surface area contributed by atoms with Crippen LogP contribution in [-0.2, 0) is 4.79 Å². The highest BCUT2D eigenvalue weighted by Gasteiger charge is 2.42. The van der Waals surface area contributed by atoms with Gasteiger partial charge in [0.1, 0.15) is 0 Å². The first-order valence-corrected chi connectivity index (χ1v) is 5.86. The summed E-state index contributed by atoms with van der Waals surface area (Å²) in [5.41, 5.74) is 0. The fourth-order valence-corrected chi connectivity index (χ4v) is 2.88. The van der Waals surface area contributed by atoms with Crippen molar-refractivity contribution >= 4 is 21.8 Å². The fraction of sp³-hybridized carbons (Fsp3) is 0.889. The van der Waals surface area contributed by atoms with Crippen LogP contribution in [0.5, 0.6) is 0 Å². The maximum absolute atomic E-state index is 11.3. The molecule has 1 N–H and O–H groups in total. The van der Waals surface area contributed by atoms with Gasteiger partial charge in [-0.3, -0.25) is 4.79 Å². The number of nitrogens with zero attached hydrogens (tertiary/aromatic N) is 1. The molecule has 4 heteroatoms. The van der Waals surface area contributed by atoms with Gasteiger partial charge in [-0.25, -0.2) is 0 Å². The molecular formula is C9H14BrNO2. The van der Waals surface area contributed by atoms with Crippen molar-refractivity contribution < 1.29 is 9.90 Å². The van der Waals surface area contributed by atoms with Crippen LogP contribution in [0.25, 0.3) is 0 Å². The summed E-state index contributed by atoms with van der Waals surface area (Å²) in [6, 6.07) is 0. The molecule has 2 aliphatic rings. The van der Waals surface area contributed by atoms with Gasteiger partial charge in [0.25, 0.3) is 0 Å². The molecule has 1 saturated carbocycles. The molecule has 74 valence electrons. The Morgan fingerprint density at radius 2 is 2.23 bits per heavy atom. The molecule has 0 bridgehead atoms. The fourth-order valence-electron chi connectivity index (χ4n) is 2.52. The summed E-state index contributed by atoms with van der Waals surface area (Å²) in [5.74, 6) is 1.06. The smallest absolute Gasteiger partial charge is 0.233 e. The molecule has 3 atom stereocenters. The van der Waals surface area contributed by atoms with Gasteiger partial charge in [0.05, 0.1) is 11.4 Å². The maximum atomic E-state index is 11.3. The average molecular weight is 248 g/mol. The Balaban J connectivity index is 1.98. The Hall–Kier alpha value is -0.0900. The van der Waals surface area contributed by atoms with E-state index in [1.54, 1.807) is 0 Å². The Morgan fingerprint density at radius 3 is 2.85 bits per heavy atom. The van der Waals surface area contributed by atoms with E-state index in [2.05, 4.69) is 15.9 Å². The minimum atomic E-state index is -0.168. The van der Waals surface area contributed by atoms with Gasteiger partial charge in [0.15, 0.2) is 0 Å². The zero-order valence-corrected chi connectivity index (χ0v) is 9.03. The normalized spacial score (nSPS) is 38.0. The molecule has 0 radical (unpaired) electrons. The van der Waals surface area contributed by atoms with Gasteiger partial charge >= 0.3 is 0 Å². The number of carbonyl (C=O) groups is 1. The van der Waals surface area contributed by atoms with Crippen LogP contribution in [0.15, 0.2) is 0 Å². The Kier molecular flexibility index (Phi) is 2.60.